The van der Waals surface area contributed by atoms with Crippen molar-refractivity contribution in [2.45, 2.75) is 32.4 Å². The van der Waals surface area contributed by atoms with Crippen LogP contribution in [-0.2, 0) is 4.79 Å². The molecule has 2 unspecified atom stereocenters. The summed E-state index contributed by atoms with van der Waals surface area (Å²) in [4.78, 5) is 11.6. The Hall–Kier alpha value is -2.12. The van der Waals surface area contributed by atoms with Gasteiger partial charge in [-0.05, 0) is 44.0 Å². The SMILES string of the molecule is CC(O)CC(C)NC(=O)/C=C/c1ccc(C#N)cc1. The molecule has 0 radical (unpaired) electrons. The van der Waals surface area contributed by atoms with Crippen molar-refractivity contribution in [1.29, 1.82) is 5.26 Å². The number of rotatable bonds is 5. The van der Waals surface area contributed by atoms with Crippen molar-refractivity contribution < 1.29 is 9.90 Å². The summed E-state index contributed by atoms with van der Waals surface area (Å²) in [5, 5.41) is 20.6. The van der Waals surface area contributed by atoms with Crippen LogP contribution >= 0.6 is 0 Å². The highest BCUT2D eigenvalue weighted by Crippen LogP contribution is 2.05. The Morgan fingerprint density at radius 3 is 2.58 bits per heavy atom. The number of hydrogen-bond donors (Lipinski definition) is 2. The summed E-state index contributed by atoms with van der Waals surface area (Å²) >= 11 is 0. The highest BCUT2D eigenvalue weighted by Gasteiger charge is 2.07. The van der Waals surface area contributed by atoms with Gasteiger partial charge in [-0.3, -0.25) is 4.79 Å². The van der Waals surface area contributed by atoms with E-state index in [9.17, 15) is 9.90 Å². The Balaban J connectivity index is 2.51. The minimum Gasteiger partial charge on any atom is -0.393 e. The van der Waals surface area contributed by atoms with E-state index in [-0.39, 0.29) is 11.9 Å². The Bertz CT molecular complexity index is 484. The maximum atomic E-state index is 11.6. The molecule has 0 aromatic heterocycles. The lowest BCUT2D eigenvalue weighted by molar-refractivity contribution is -0.117. The molecule has 4 heteroatoms. The molecule has 0 aliphatic heterocycles. The van der Waals surface area contributed by atoms with Crippen LogP contribution in [0.4, 0.5) is 0 Å². The minimum absolute atomic E-state index is 0.0712. The van der Waals surface area contributed by atoms with Crippen molar-refractivity contribution in [2.24, 2.45) is 0 Å². The minimum atomic E-state index is -0.433. The van der Waals surface area contributed by atoms with Crippen LogP contribution in [0.15, 0.2) is 30.3 Å². The van der Waals surface area contributed by atoms with Crippen LogP contribution in [0.3, 0.4) is 0 Å². The molecule has 0 saturated carbocycles. The van der Waals surface area contributed by atoms with E-state index in [1.54, 1.807) is 37.3 Å². The molecule has 4 nitrogen and oxygen atoms in total. The van der Waals surface area contributed by atoms with Gasteiger partial charge in [0.05, 0.1) is 17.7 Å². The van der Waals surface area contributed by atoms with Crippen LogP contribution in [0.2, 0.25) is 0 Å². The summed E-state index contributed by atoms with van der Waals surface area (Å²) in [5.74, 6) is -0.197. The van der Waals surface area contributed by atoms with Gasteiger partial charge in [-0.1, -0.05) is 12.1 Å². The van der Waals surface area contributed by atoms with Gasteiger partial charge in [0.2, 0.25) is 5.91 Å². The van der Waals surface area contributed by atoms with Crippen LogP contribution in [0, 0.1) is 11.3 Å². The predicted molar refractivity (Wildman–Crippen MR) is 74.1 cm³/mol. The maximum absolute atomic E-state index is 11.6. The molecule has 1 rings (SSSR count). The third-order valence-electron chi connectivity index (χ3n) is 2.55. The fourth-order valence-electron chi connectivity index (χ4n) is 1.70. The second-order valence-corrected chi connectivity index (χ2v) is 4.56. The smallest absolute Gasteiger partial charge is 0.244 e. The van der Waals surface area contributed by atoms with Crippen molar-refractivity contribution >= 4 is 12.0 Å². The van der Waals surface area contributed by atoms with Crippen LogP contribution < -0.4 is 5.32 Å². The monoisotopic (exact) mass is 258 g/mol. The second-order valence-electron chi connectivity index (χ2n) is 4.56. The first kappa shape index (κ1) is 14.9. The largest absolute Gasteiger partial charge is 0.393 e. The number of carbonyl (C=O) groups excluding carboxylic acids is 1. The molecule has 0 bridgehead atoms. The van der Waals surface area contributed by atoms with Gasteiger partial charge >= 0.3 is 0 Å². The Labute approximate surface area is 113 Å². The van der Waals surface area contributed by atoms with Crippen LogP contribution in [-0.4, -0.2) is 23.2 Å². The van der Waals surface area contributed by atoms with E-state index in [1.165, 1.54) is 6.08 Å². The first-order valence-corrected chi connectivity index (χ1v) is 6.18. The van der Waals surface area contributed by atoms with Crippen LogP contribution in [0.25, 0.3) is 6.08 Å². The Kier molecular flexibility index (Phi) is 5.77. The Morgan fingerprint density at radius 2 is 2.05 bits per heavy atom. The number of nitriles is 1. The zero-order valence-corrected chi connectivity index (χ0v) is 11.1. The molecular formula is C15H18N2O2. The number of benzene rings is 1. The standard InChI is InChI=1S/C15H18N2O2/c1-11(9-12(2)18)17-15(19)8-7-13-3-5-14(10-16)6-4-13/h3-8,11-12,18H,9H2,1-2H3,(H,17,19)/b8-7+. The molecule has 0 aliphatic rings. The summed E-state index contributed by atoms with van der Waals surface area (Å²) in [6.45, 7) is 3.54. The molecule has 0 saturated heterocycles. The molecule has 1 amide bonds. The van der Waals surface area contributed by atoms with E-state index < -0.39 is 6.10 Å². The van der Waals surface area contributed by atoms with E-state index >= 15 is 0 Å². The number of nitrogens with one attached hydrogen (secondary N) is 1. The summed E-state index contributed by atoms with van der Waals surface area (Å²) in [7, 11) is 0. The van der Waals surface area contributed by atoms with Gasteiger partial charge in [0.25, 0.3) is 0 Å². The molecule has 19 heavy (non-hydrogen) atoms. The lowest BCUT2D eigenvalue weighted by atomic mass is 10.1. The molecule has 2 atom stereocenters. The van der Waals surface area contributed by atoms with Gasteiger partial charge in [-0.25, -0.2) is 0 Å². The number of nitrogens with zero attached hydrogens (tertiary/aromatic N) is 1. The number of aliphatic hydroxyl groups excluding tert-OH is 1. The molecular weight excluding hydrogens is 240 g/mol. The third kappa shape index (κ3) is 5.84. The van der Waals surface area contributed by atoms with Gasteiger partial charge in [0.15, 0.2) is 0 Å². The quantitative estimate of drug-likeness (QED) is 0.791. The van der Waals surface area contributed by atoms with Crippen LogP contribution in [0.1, 0.15) is 31.4 Å². The predicted octanol–water partition coefficient (Wildman–Crippen LogP) is 1.85. The molecule has 0 spiro atoms. The maximum Gasteiger partial charge on any atom is 0.244 e. The highest BCUT2D eigenvalue weighted by molar-refractivity contribution is 5.91. The van der Waals surface area contributed by atoms with Crippen molar-refractivity contribution in [2.75, 3.05) is 0 Å². The zero-order valence-electron chi connectivity index (χ0n) is 11.1. The van der Waals surface area contributed by atoms with E-state index in [0.717, 1.165) is 5.56 Å². The van der Waals surface area contributed by atoms with Crippen molar-refractivity contribution in [3.63, 3.8) is 0 Å². The van der Waals surface area contributed by atoms with Crippen LogP contribution in [0.5, 0.6) is 0 Å². The number of carbonyl (C=O) groups is 1. The lowest BCUT2D eigenvalue weighted by Crippen LogP contribution is -2.33. The zero-order chi connectivity index (χ0) is 14.3. The molecule has 1 aromatic carbocycles. The Morgan fingerprint density at radius 1 is 1.42 bits per heavy atom. The summed E-state index contributed by atoms with van der Waals surface area (Å²) in [5.41, 5.74) is 1.45. The fourth-order valence-corrected chi connectivity index (χ4v) is 1.70. The van der Waals surface area contributed by atoms with E-state index in [2.05, 4.69) is 5.32 Å². The van der Waals surface area contributed by atoms with Gasteiger partial charge in [-0.15, -0.1) is 0 Å². The molecule has 100 valence electrons. The number of amides is 1. The number of hydrogen-bond acceptors (Lipinski definition) is 3. The van der Waals surface area contributed by atoms with E-state index in [0.29, 0.717) is 12.0 Å². The van der Waals surface area contributed by atoms with Crippen molar-refractivity contribution in [3.8, 4) is 6.07 Å². The normalized spacial score (nSPS) is 13.8. The first-order valence-electron chi connectivity index (χ1n) is 6.18. The average Bonchev–Trinajstić information content (AvgIpc) is 2.36. The molecule has 0 fully saturated rings. The third-order valence-corrected chi connectivity index (χ3v) is 2.55. The summed E-state index contributed by atoms with van der Waals surface area (Å²) in [6.07, 6.45) is 3.22. The van der Waals surface area contributed by atoms with Crippen molar-refractivity contribution in [1.82, 2.24) is 5.32 Å². The second kappa shape index (κ2) is 7.34. The summed E-state index contributed by atoms with van der Waals surface area (Å²) in [6, 6.07) is 8.93. The van der Waals surface area contributed by atoms with Crippen molar-refractivity contribution in [3.05, 3.63) is 41.5 Å². The van der Waals surface area contributed by atoms with Gasteiger partial charge in [-0.2, -0.15) is 5.26 Å². The summed E-state index contributed by atoms with van der Waals surface area (Å²) < 4.78 is 0. The molecule has 0 heterocycles. The topological polar surface area (TPSA) is 73.1 Å². The van der Waals surface area contributed by atoms with E-state index in [1.807, 2.05) is 13.0 Å². The lowest BCUT2D eigenvalue weighted by Gasteiger charge is -2.13. The average molecular weight is 258 g/mol. The van der Waals surface area contributed by atoms with Gasteiger partial charge < -0.3 is 10.4 Å². The number of aliphatic hydroxyl groups is 1. The highest BCUT2D eigenvalue weighted by atomic mass is 16.3. The first-order chi connectivity index (χ1) is 9.01. The van der Waals surface area contributed by atoms with Gasteiger partial charge in [0.1, 0.15) is 0 Å². The molecule has 1 aromatic rings. The van der Waals surface area contributed by atoms with E-state index in [4.69, 9.17) is 5.26 Å². The molecule has 0 aliphatic carbocycles. The fraction of sp³-hybridized carbons (Fsp3) is 0.333. The van der Waals surface area contributed by atoms with Gasteiger partial charge in [0, 0.05) is 12.1 Å². The molecule has 2 N–H and O–H groups in total.